The Morgan fingerprint density at radius 2 is 1.76 bits per heavy atom. The molecule has 1 heterocycles. The molecule has 0 aliphatic carbocycles. The lowest BCUT2D eigenvalue weighted by Gasteiger charge is -2.08. The molecule has 3 aromatic rings. The molecule has 0 atom stereocenters. The molecule has 0 saturated heterocycles. The minimum absolute atomic E-state index is 0.103. The third-order valence-corrected chi connectivity index (χ3v) is 5.40. The monoisotopic (exact) mass is 433 g/mol. The van der Waals surface area contributed by atoms with E-state index in [1.54, 1.807) is 24.3 Å². The van der Waals surface area contributed by atoms with Crippen molar-refractivity contribution in [2.75, 3.05) is 5.32 Å². The molecular weight excluding hydrogens is 422 g/mol. The molecule has 1 aromatic heterocycles. The van der Waals surface area contributed by atoms with Crippen molar-refractivity contribution >= 4 is 55.6 Å². The summed E-state index contributed by atoms with van der Waals surface area (Å²) in [7, 11) is 0. The zero-order chi connectivity index (χ0) is 18.0. The number of hydrogen-bond donors (Lipinski definition) is 1. The average Bonchev–Trinajstić information content (AvgIpc) is 2.99. The molecule has 0 fully saturated rings. The molecule has 6 heteroatoms. The van der Waals surface area contributed by atoms with Crippen LogP contribution in [0.1, 0.15) is 27.6 Å². The van der Waals surface area contributed by atoms with Crippen molar-refractivity contribution in [2.24, 2.45) is 0 Å². The van der Waals surface area contributed by atoms with Gasteiger partial charge in [0.25, 0.3) is 5.91 Å². The van der Waals surface area contributed by atoms with E-state index in [9.17, 15) is 9.59 Å². The van der Waals surface area contributed by atoms with Gasteiger partial charge in [-0.05, 0) is 36.8 Å². The van der Waals surface area contributed by atoms with E-state index in [-0.39, 0.29) is 11.7 Å². The summed E-state index contributed by atoms with van der Waals surface area (Å²) < 4.78 is 0.961. The number of carbonyl (C=O) groups excluding carboxylic acids is 2. The molecular formula is C19H13BrClNO2S. The van der Waals surface area contributed by atoms with Crippen molar-refractivity contribution in [1.82, 2.24) is 0 Å². The van der Waals surface area contributed by atoms with Crippen molar-refractivity contribution in [3.63, 3.8) is 0 Å². The molecule has 126 valence electrons. The highest BCUT2D eigenvalue weighted by Gasteiger charge is 2.20. The molecule has 1 N–H and O–H groups in total. The largest absolute Gasteiger partial charge is 0.313 e. The van der Waals surface area contributed by atoms with Crippen molar-refractivity contribution in [1.29, 1.82) is 0 Å². The van der Waals surface area contributed by atoms with Gasteiger partial charge in [0.2, 0.25) is 0 Å². The highest BCUT2D eigenvalue weighted by molar-refractivity contribution is 9.10. The van der Waals surface area contributed by atoms with Gasteiger partial charge in [0.1, 0.15) is 5.00 Å². The smallest absolute Gasteiger partial charge is 0.257 e. The predicted molar refractivity (Wildman–Crippen MR) is 107 cm³/mol. The molecule has 25 heavy (non-hydrogen) atoms. The van der Waals surface area contributed by atoms with Crippen LogP contribution < -0.4 is 5.32 Å². The standard InChI is InChI=1S/C19H13BrClNO2S/c1-11(23)17-15(12-6-8-13(20)9-7-12)10-25-19(17)22-18(24)14-4-2-3-5-16(14)21/h2-10H,1H3,(H,22,24). The Balaban J connectivity index is 1.98. The van der Waals surface area contributed by atoms with Gasteiger partial charge in [0.05, 0.1) is 16.1 Å². The van der Waals surface area contributed by atoms with Crippen LogP contribution in [0.4, 0.5) is 5.00 Å². The molecule has 0 unspecified atom stereocenters. The minimum atomic E-state index is -0.336. The summed E-state index contributed by atoms with van der Waals surface area (Å²) >= 11 is 10.8. The fourth-order valence-corrected chi connectivity index (χ4v) is 3.96. The Hall–Kier alpha value is -1.95. The molecule has 0 bridgehead atoms. The zero-order valence-electron chi connectivity index (χ0n) is 13.2. The maximum absolute atomic E-state index is 12.5. The normalized spacial score (nSPS) is 10.5. The van der Waals surface area contributed by atoms with E-state index >= 15 is 0 Å². The summed E-state index contributed by atoms with van der Waals surface area (Å²) in [6.07, 6.45) is 0. The summed E-state index contributed by atoms with van der Waals surface area (Å²) in [6, 6.07) is 14.5. The summed E-state index contributed by atoms with van der Waals surface area (Å²) in [5.41, 5.74) is 2.60. The van der Waals surface area contributed by atoms with Crippen molar-refractivity contribution < 1.29 is 9.59 Å². The first kappa shape index (κ1) is 17.9. The second kappa shape index (κ2) is 7.52. The second-order valence-corrected chi connectivity index (χ2v) is 7.55. The van der Waals surface area contributed by atoms with Crippen LogP contribution in [0, 0.1) is 0 Å². The minimum Gasteiger partial charge on any atom is -0.313 e. The Bertz CT molecular complexity index is 950. The highest BCUT2D eigenvalue weighted by atomic mass is 79.9. The van der Waals surface area contributed by atoms with Gasteiger partial charge in [0, 0.05) is 15.4 Å². The maximum Gasteiger partial charge on any atom is 0.257 e. The Morgan fingerprint density at radius 1 is 1.08 bits per heavy atom. The number of benzene rings is 2. The Labute approximate surface area is 162 Å². The van der Waals surface area contributed by atoms with Gasteiger partial charge < -0.3 is 5.32 Å². The topological polar surface area (TPSA) is 46.2 Å². The molecule has 0 spiro atoms. The third-order valence-electron chi connectivity index (χ3n) is 3.64. The number of carbonyl (C=O) groups is 2. The number of amides is 1. The summed E-state index contributed by atoms with van der Waals surface area (Å²) in [6.45, 7) is 1.50. The van der Waals surface area contributed by atoms with E-state index in [1.165, 1.54) is 18.3 Å². The lowest BCUT2D eigenvalue weighted by Crippen LogP contribution is -2.13. The van der Waals surface area contributed by atoms with Gasteiger partial charge in [-0.3, -0.25) is 9.59 Å². The number of anilines is 1. The molecule has 3 rings (SSSR count). The van der Waals surface area contributed by atoms with Crippen LogP contribution >= 0.6 is 38.9 Å². The molecule has 0 saturated carbocycles. The number of ketones is 1. The zero-order valence-corrected chi connectivity index (χ0v) is 16.3. The molecule has 0 aliphatic heterocycles. The van der Waals surface area contributed by atoms with Gasteiger partial charge >= 0.3 is 0 Å². The van der Waals surface area contributed by atoms with E-state index in [0.717, 1.165) is 15.6 Å². The number of hydrogen-bond acceptors (Lipinski definition) is 3. The fraction of sp³-hybridized carbons (Fsp3) is 0.0526. The van der Waals surface area contributed by atoms with Crippen molar-refractivity contribution in [3.8, 4) is 11.1 Å². The van der Waals surface area contributed by atoms with E-state index < -0.39 is 0 Å². The molecule has 3 nitrogen and oxygen atoms in total. The van der Waals surface area contributed by atoms with Crippen LogP contribution in [0.2, 0.25) is 5.02 Å². The second-order valence-electron chi connectivity index (χ2n) is 5.35. The van der Waals surface area contributed by atoms with E-state index in [0.29, 0.717) is 21.2 Å². The van der Waals surface area contributed by atoms with Crippen LogP contribution in [0.25, 0.3) is 11.1 Å². The molecule has 1 amide bonds. The predicted octanol–water partition coefficient (Wildman–Crippen LogP) is 6.29. The van der Waals surface area contributed by atoms with Crippen LogP contribution in [0.3, 0.4) is 0 Å². The number of halogens is 2. The summed E-state index contributed by atoms with van der Waals surface area (Å²) in [4.78, 5) is 24.7. The first-order valence-corrected chi connectivity index (χ1v) is 9.46. The highest BCUT2D eigenvalue weighted by Crippen LogP contribution is 2.36. The number of rotatable bonds is 4. The number of Topliss-reactive ketones (excluding diaryl/α,β-unsaturated/α-hetero) is 1. The fourth-order valence-electron chi connectivity index (χ4n) is 2.46. The van der Waals surface area contributed by atoms with Crippen LogP contribution in [0.5, 0.6) is 0 Å². The van der Waals surface area contributed by atoms with E-state index in [4.69, 9.17) is 11.6 Å². The van der Waals surface area contributed by atoms with Crippen molar-refractivity contribution in [2.45, 2.75) is 6.92 Å². The summed E-state index contributed by atoms with van der Waals surface area (Å²) in [5, 5.41) is 5.59. The van der Waals surface area contributed by atoms with Crippen LogP contribution in [-0.2, 0) is 0 Å². The first-order valence-electron chi connectivity index (χ1n) is 7.41. The van der Waals surface area contributed by atoms with Gasteiger partial charge in [-0.2, -0.15) is 0 Å². The van der Waals surface area contributed by atoms with Gasteiger partial charge in [-0.1, -0.05) is 51.8 Å². The van der Waals surface area contributed by atoms with Crippen LogP contribution in [0.15, 0.2) is 58.4 Å². The van der Waals surface area contributed by atoms with Gasteiger partial charge in [-0.15, -0.1) is 11.3 Å². The SMILES string of the molecule is CC(=O)c1c(-c2ccc(Br)cc2)csc1NC(=O)c1ccccc1Cl. The van der Waals surface area contributed by atoms with E-state index in [2.05, 4.69) is 21.2 Å². The third kappa shape index (κ3) is 3.84. The number of nitrogens with one attached hydrogen (secondary N) is 1. The van der Waals surface area contributed by atoms with Gasteiger partial charge in [-0.25, -0.2) is 0 Å². The first-order chi connectivity index (χ1) is 12.0. The Morgan fingerprint density at radius 3 is 2.40 bits per heavy atom. The molecule has 2 aromatic carbocycles. The maximum atomic E-state index is 12.5. The molecule has 0 radical (unpaired) electrons. The number of thiophene rings is 1. The Kier molecular flexibility index (Phi) is 5.37. The van der Waals surface area contributed by atoms with E-state index in [1.807, 2.05) is 29.6 Å². The van der Waals surface area contributed by atoms with Gasteiger partial charge in [0.15, 0.2) is 5.78 Å². The van der Waals surface area contributed by atoms with Crippen molar-refractivity contribution in [3.05, 3.63) is 74.5 Å². The summed E-state index contributed by atoms with van der Waals surface area (Å²) in [5.74, 6) is -0.439. The quantitative estimate of drug-likeness (QED) is 0.491. The lowest BCUT2D eigenvalue weighted by atomic mass is 10.0. The lowest BCUT2D eigenvalue weighted by molar-refractivity contribution is 0.101. The van der Waals surface area contributed by atoms with Crippen LogP contribution in [-0.4, -0.2) is 11.7 Å². The molecule has 0 aliphatic rings. The average molecular weight is 435 g/mol.